The standard InChI is InChI=1S/C23H23FN2O2S.C23H24N2O3S/c24-21-7-5-18(6-8-21)17-1-3-19(4-2-17)20-15-22(29-16-20)23(27)25-9-10-26-11-13-28-14-12-26;26-21-3-1-2-19(14-21)17-4-6-18(7-5-17)20-15-22(29-16-20)23(27)24-8-9-25-10-12-28-13-11-25/h1-8,15-16H,9-14H2,(H,25,27);1-7,14-16,26H,8-13H2,(H,24,27). The lowest BCUT2D eigenvalue weighted by Crippen LogP contribution is -2.41. The van der Waals surface area contributed by atoms with Crippen molar-refractivity contribution in [2.75, 3.05) is 78.8 Å². The minimum atomic E-state index is -0.237. The Morgan fingerprint density at radius 3 is 1.38 bits per heavy atom. The van der Waals surface area contributed by atoms with Crippen molar-refractivity contribution < 1.29 is 28.6 Å². The smallest absolute Gasteiger partial charge is 0.261 e. The molecule has 4 aromatic carbocycles. The van der Waals surface area contributed by atoms with Crippen molar-refractivity contribution in [2.45, 2.75) is 0 Å². The van der Waals surface area contributed by atoms with Crippen LogP contribution < -0.4 is 10.6 Å². The molecule has 4 heterocycles. The molecule has 2 aromatic heterocycles. The molecule has 0 atom stereocenters. The van der Waals surface area contributed by atoms with Crippen LogP contribution in [0.15, 0.2) is 120 Å². The first-order valence-electron chi connectivity index (χ1n) is 19.5. The molecular formula is C46H47FN4O5S2. The lowest BCUT2D eigenvalue weighted by molar-refractivity contribution is 0.0382. The molecule has 300 valence electrons. The van der Waals surface area contributed by atoms with Gasteiger partial charge in [-0.1, -0.05) is 72.8 Å². The topological polar surface area (TPSA) is 103 Å². The summed E-state index contributed by atoms with van der Waals surface area (Å²) in [6.45, 7) is 9.75. The highest BCUT2D eigenvalue weighted by molar-refractivity contribution is 7.12. The van der Waals surface area contributed by atoms with Gasteiger partial charge in [-0.3, -0.25) is 19.4 Å². The van der Waals surface area contributed by atoms with Crippen molar-refractivity contribution in [3.63, 3.8) is 0 Å². The van der Waals surface area contributed by atoms with Crippen LogP contribution in [-0.4, -0.2) is 106 Å². The summed E-state index contributed by atoms with van der Waals surface area (Å²) in [4.78, 5) is 30.9. The molecule has 0 aliphatic carbocycles. The Kier molecular flexibility index (Phi) is 14.5. The van der Waals surface area contributed by atoms with Gasteiger partial charge in [0.15, 0.2) is 0 Å². The van der Waals surface area contributed by atoms with E-state index in [9.17, 15) is 19.1 Å². The van der Waals surface area contributed by atoms with Crippen LogP contribution in [0.2, 0.25) is 0 Å². The number of ether oxygens (including phenoxy) is 2. The Balaban J connectivity index is 0.000000177. The van der Waals surface area contributed by atoms with Crippen molar-refractivity contribution in [1.29, 1.82) is 0 Å². The van der Waals surface area contributed by atoms with Crippen LogP contribution in [0.25, 0.3) is 44.5 Å². The number of aromatic hydroxyl groups is 1. The van der Waals surface area contributed by atoms with Crippen LogP contribution in [-0.2, 0) is 9.47 Å². The number of phenolic OH excluding ortho intramolecular Hbond substituents is 1. The van der Waals surface area contributed by atoms with Gasteiger partial charge in [0.2, 0.25) is 0 Å². The van der Waals surface area contributed by atoms with E-state index in [2.05, 4.69) is 20.4 Å². The number of amides is 2. The zero-order valence-electron chi connectivity index (χ0n) is 32.2. The van der Waals surface area contributed by atoms with E-state index >= 15 is 0 Å². The number of thiophene rings is 2. The van der Waals surface area contributed by atoms with Crippen LogP contribution in [0.1, 0.15) is 19.3 Å². The van der Waals surface area contributed by atoms with Gasteiger partial charge in [0, 0.05) is 52.4 Å². The van der Waals surface area contributed by atoms with Gasteiger partial charge in [-0.15, -0.1) is 22.7 Å². The molecule has 0 radical (unpaired) electrons. The number of rotatable bonds is 12. The Morgan fingerprint density at radius 2 is 0.948 bits per heavy atom. The third-order valence-electron chi connectivity index (χ3n) is 10.1. The van der Waals surface area contributed by atoms with Crippen molar-refractivity contribution in [2.24, 2.45) is 0 Å². The van der Waals surface area contributed by atoms with Gasteiger partial charge in [0.05, 0.1) is 36.2 Å². The van der Waals surface area contributed by atoms with E-state index in [1.54, 1.807) is 24.3 Å². The average Bonchev–Trinajstić information content (AvgIpc) is 3.97. The molecule has 2 fully saturated rings. The largest absolute Gasteiger partial charge is 0.508 e. The Morgan fingerprint density at radius 1 is 0.552 bits per heavy atom. The van der Waals surface area contributed by atoms with Crippen LogP contribution in [0.4, 0.5) is 4.39 Å². The van der Waals surface area contributed by atoms with E-state index in [1.807, 2.05) is 83.6 Å². The van der Waals surface area contributed by atoms with Crippen LogP contribution >= 0.6 is 22.7 Å². The van der Waals surface area contributed by atoms with Gasteiger partial charge in [0.25, 0.3) is 11.8 Å². The second-order valence-corrected chi connectivity index (χ2v) is 15.9. The van der Waals surface area contributed by atoms with Crippen molar-refractivity contribution in [3.05, 3.63) is 136 Å². The van der Waals surface area contributed by atoms with Gasteiger partial charge in [0.1, 0.15) is 11.6 Å². The number of benzene rings is 4. The zero-order valence-corrected chi connectivity index (χ0v) is 33.8. The molecule has 2 saturated heterocycles. The lowest BCUT2D eigenvalue weighted by Gasteiger charge is -2.26. The second-order valence-electron chi connectivity index (χ2n) is 14.0. The summed E-state index contributed by atoms with van der Waals surface area (Å²) in [6.07, 6.45) is 0. The van der Waals surface area contributed by atoms with E-state index < -0.39 is 0 Å². The normalized spacial score (nSPS) is 14.6. The molecule has 58 heavy (non-hydrogen) atoms. The summed E-state index contributed by atoms with van der Waals surface area (Å²) in [7, 11) is 0. The molecule has 8 rings (SSSR count). The molecule has 2 amide bonds. The number of phenols is 1. The first-order valence-corrected chi connectivity index (χ1v) is 21.2. The van der Waals surface area contributed by atoms with Gasteiger partial charge in [-0.25, -0.2) is 4.39 Å². The van der Waals surface area contributed by atoms with E-state index in [0.717, 1.165) is 115 Å². The van der Waals surface area contributed by atoms with Crippen LogP contribution in [0.3, 0.4) is 0 Å². The summed E-state index contributed by atoms with van der Waals surface area (Å²) in [6, 6.07) is 33.8. The number of carbonyl (C=O) groups is 2. The Hall–Kier alpha value is -5.21. The van der Waals surface area contributed by atoms with Crippen LogP contribution in [0.5, 0.6) is 5.75 Å². The minimum absolute atomic E-state index is 0.0223. The van der Waals surface area contributed by atoms with E-state index in [1.165, 1.54) is 34.8 Å². The Bertz CT molecular complexity index is 2230. The van der Waals surface area contributed by atoms with Crippen molar-refractivity contribution >= 4 is 34.5 Å². The quantitative estimate of drug-likeness (QED) is 0.115. The van der Waals surface area contributed by atoms with E-state index in [-0.39, 0.29) is 23.4 Å². The highest BCUT2D eigenvalue weighted by Gasteiger charge is 2.15. The highest BCUT2D eigenvalue weighted by atomic mass is 32.1. The predicted molar refractivity (Wildman–Crippen MR) is 231 cm³/mol. The lowest BCUT2D eigenvalue weighted by atomic mass is 10.0. The maximum atomic E-state index is 13.1. The average molecular weight is 819 g/mol. The third-order valence-corrected chi connectivity index (χ3v) is 11.9. The number of hydrogen-bond acceptors (Lipinski definition) is 9. The number of nitrogens with zero attached hydrogens (tertiary/aromatic N) is 2. The molecule has 12 heteroatoms. The number of morpholine rings is 2. The van der Waals surface area contributed by atoms with Gasteiger partial charge in [-0.05, 0) is 91.7 Å². The van der Waals surface area contributed by atoms with Crippen molar-refractivity contribution in [3.8, 4) is 50.3 Å². The van der Waals surface area contributed by atoms with Gasteiger partial charge in [-0.2, -0.15) is 0 Å². The fraction of sp³-hybridized carbons (Fsp3) is 0.261. The molecule has 2 aliphatic rings. The summed E-state index contributed by atoms with van der Waals surface area (Å²) < 4.78 is 23.8. The summed E-state index contributed by atoms with van der Waals surface area (Å²) in [5, 5.41) is 19.7. The van der Waals surface area contributed by atoms with Gasteiger partial charge < -0.3 is 25.2 Å². The number of carbonyl (C=O) groups excluding carboxylic acids is 2. The monoisotopic (exact) mass is 818 g/mol. The molecule has 3 N–H and O–H groups in total. The first kappa shape index (κ1) is 41.0. The fourth-order valence-electron chi connectivity index (χ4n) is 6.73. The molecular weight excluding hydrogens is 772 g/mol. The molecule has 9 nitrogen and oxygen atoms in total. The maximum Gasteiger partial charge on any atom is 0.261 e. The maximum absolute atomic E-state index is 13.1. The number of nitrogens with one attached hydrogen (secondary N) is 2. The molecule has 0 saturated carbocycles. The summed E-state index contributed by atoms with van der Waals surface area (Å²) in [5.74, 6) is -0.0311. The van der Waals surface area contributed by atoms with Crippen LogP contribution in [0, 0.1) is 5.82 Å². The second kappa shape index (κ2) is 20.5. The van der Waals surface area contributed by atoms with E-state index in [4.69, 9.17) is 9.47 Å². The SMILES string of the molecule is O=C(NCCN1CCOCC1)c1cc(-c2ccc(-c3ccc(F)cc3)cc2)cs1.O=C(NCCN1CCOCC1)c1cc(-c2ccc(-c3cccc(O)c3)cc2)cs1. The number of hydrogen-bond donors (Lipinski definition) is 3. The molecule has 0 spiro atoms. The molecule has 0 bridgehead atoms. The number of halogens is 1. The van der Waals surface area contributed by atoms with E-state index in [0.29, 0.717) is 18.0 Å². The van der Waals surface area contributed by atoms with Gasteiger partial charge >= 0.3 is 0 Å². The highest BCUT2D eigenvalue weighted by Crippen LogP contribution is 2.30. The first-order chi connectivity index (χ1) is 28.4. The summed E-state index contributed by atoms with van der Waals surface area (Å²) >= 11 is 2.92. The van der Waals surface area contributed by atoms with Crippen molar-refractivity contribution in [1.82, 2.24) is 20.4 Å². The predicted octanol–water partition coefficient (Wildman–Crippen LogP) is 8.13. The molecule has 6 aromatic rings. The zero-order chi connectivity index (χ0) is 40.1. The third kappa shape index (κ3) is 11.5. The fourth-order valence-corrected chi connectivity index (χ4v) is 8.39. The molecule has 2 aliphatic heterocycles. The molecule has 0 unspecified atom stereocenters. The Labute approximate surface area is 346 Å². The minimum Gasteiger partial charge on any atom is -0.508 e. The summed E-state index contributed by atoms with van der Waals surface area (Å²) in [5.41, 5.74) is 8.21.